The largest absolute Gasteiger partial charge is 0.461 e. The van der Waals surface area contributed by atoms with Gasteiger partial charge in [-0.15, -0.1) is 0 Å². The van der Waals surface area contributed by atoms with Gasteiger partial charge in [-0.3, -0.25) is 14.5 Å². The van der Waals surface area contributed by atoms with Gasteiger partial charge in [-0.2, -0.15) is 0 Å². The van der Waals surface area contributed by atoms with Gasteiger partial charge in [0, 0.05) is 19.5 Å². The molecule has 15 heavy (non-hydrogen) atoms. The van der Waals surface area contributed by atoms with Crippen LogP contribution in [0.1, 0.15) is 33.6 Å². The minimum absolute atomic E-state index is 0.0435. The number of ether oxygens (including phenoxy) is 1. The first-order valence-corrected chi connectivity index (χ1v) is 5.39. The molecule has 0 aromatic heterocycles. The summed E-state index contributed by atoms with van der Waals surface area (Å²) in [4.78, 5) is 23.9. The molecule has 1 saturated heterocycles. The van der Waals surface area contributed by atoms with Crippen molar-refractivity contribution in [3.05, 3.63) is 0 Å². The lowest BCUT2D eigenvalue weighted by molar-refractivity contribution is -0.149. The molecule has 1 aliphatic rings. The van der Waals surface area contributed by atoms with Gasteiger partial charge >= 0.3 is 5.97 Å². The number of carbonyl (C=O) groups excluding carboxylic acids is 2. The molecule has 2 atom stereocenters. The molecular weight excluding hydrogens is 194 g/mol. The van der Waals surface area contributed by atoms with Crippen LogP contribution in [0.4, 0.5) is 0 Å². The molecule has 0 bridgehead atoms. The minimum atomic E-state index is -0.239. The zero-order valence-electron chi connectivity index (χ0n) is 9.66. The summed E-state index contributed by atoms with van der Waals surface area (Å²) in [6.45, 7) is 6.25. The maximum absolute atomic E-state index is 11.0. The van der Waals surface area contributed by atoms with Gasteiger partial charge in [0.25, 0.3) is 0 Å². The molecule has 0 N–H and O–H groups in total. The highest BCUT2D eigenvalue weighted by Crippen LogP contribution is 2.19. The summed E-state index contributed by atoms with van der Waals surface area (Å²) in [5.41, 5.74) is 0. The van der Waals surface area contributed by atoms with Gasteiger partial charge < -0.3 is 4.74 Å². The van der Waals surface area contributed by atoms with Crippen LogP contribution < -0.4 is 0 Å². The second-order valence-corrected chi connectivity index (χ2v) is 4.29. The quantitative estimate of drug-likeness (QED) is 0.656. The molecule has 0 aromatic rings. The lowest BCUT2D eigenvalue weighted by Crippen LogP contribution is -2.47. The minimum Gasteiger partial charge on any atom is -0.461 e. The molecule has 0 aliphatic carbocycles. The lowest BCUT2D eigenvalue weighted by atomic mass is 10.0. The summed E-state index contributed by atoms with van der Waals surface area (Å²) in [7, 11) is 0. The normalized spacial score (nSPS) is 27.4. The first-order valence-electron chi connectivity index (χ1n) is 5.39. The van der Waals surface area contributed by atoms with Crippen LogP contribution in [-0.4, -0.2) is 41.9 Å². The first-order chi connectivity index (χ1) is 6.99. The number of hydrogen-bond donors (Lipinski definition) is 0. The molecule has 0 unspecified atom stereocenters. The van der Waals surface area contributed by atoms with Crippen LogP contribution in [0.2, 0.25) is 0 Å². The maximum Gasteiger partial charge on any atom is 0.302 e. The molecule has 4 heteroatoms. The van der Waals surface area contributed by atoms with E-state index in [0.29, 0.717) is 19.1 Å². The van der Waals surface area contributed by atoms with E-state index in [4.69, 9.17) is 4.74 Å². The van der Waals surface area contributed by atoms with Gasteiger partial charge in [-0.25, -0.2) is 0 Å². The Hall–Kier alpha value is -0.900. The Bertz CT molecular complexity index is 252. The fourth-order valence-corrected chi connectivity index (χ4v) is 1.98. The molecule has 1 rings (SSSR count). The molecule has 86 valence electrons. The van der Waals surface area contributed by atoms with Crippen LogP contribution in [0.15, 0.2) is 0 Å². The number of ketones is 1. The van der Waals surface area contributed by atoms with E-state index in [0.717, 1.165) is 12.8 Å². The van der Waals surface area contributed by atoms with Crippen LogP contribution in [0.5, 0.6) is 0 Å². The second-order valence-electron chi connectivity index (χ2n) is 4.29. The number of likely N-dealkylation sites (tertiary alicyclic amines) is 1. The zero-order chi connectivity index (χ0) is 11.4. The summed E-state index contributed by atoms with van der Waals surface area (Å²) >= 11 is 0. The van der Waals surface area contributed by atoms with Crippen molar-refractivity contribution in [2.24, 2.45) is 0 Å². The number of nitrogens with zero attached hydrogens (tertiary/aromatic N) is 1. The van der Waals surface area contributed by atoms with Crippen LogP contribution in [0.25, 0.3) is 0 Å². The van der Waals surface area contributed by atoms with Crippen molar-refractivity contribution < 1.29 is 14.3 Å². The van der Waals surface area contributed by atoms with Crippen molar-refractivity contribution in [1.82, 2.24) is 4.90 Å². The highest BCUT2D eigenvalue weighted by molar-refractivity contribution is 5.77. The molecular formula is C11H19NO3. The third kappa shape index (κ3) is 4.00. The number of piperidine rings is 1. The van der Waals surface area contributed by atoms with Crippen molar-refractivity contribution in [3.8, 4) is 0 Å². The Balaban J connectivity index is 2.47. The maximum atomic E-state index is 11.0. The SMILES string of the molecule is CC(=O)CN1C[C@@H](OC(C)=O)CC[C@H]1C. The van der Waals surface area contributed by atoms with Crippen LogP contribution in [0.3, 0.4) is 0 Å². The summed E-state index contributed by atoms with van der Waals surface area (Å²) in [6, 6.07) is 0.403. The van der Waals surface area contributed by atoms with Crippen LogP contribution in [-0.2, 0) is 14.3 Å². The molecule has 0 amide bonds. The Kier molecular flexibility index (Phi) is 4.27. The highest BCUT2D eigenvalue weighted by atomic mass is 16.5. The van der Waals surface area contributed by atoms with Crippen LogP contribution in [0, 0.1) is 0 Å². The predicted molar refractivity (Wildman–Crippen MR) is 56.5 cm³/mol. The predicted octanol–water partition coefficient (Wildman–Crippen LogP) is 0.991. The van der Waals surface area contributed by atoms with Crippen molar-refractivity contribution in [3.63, 3.8) is 0 Å². The van der Waals surface area contributed by atoms with E-state index in [1.54, 1.807) is 6.92 Å². The summed E-state index contributed by atoms with van der Waals surface area (Å²) < 4.78 is 5.16. The number of rotatable bonds is 3. The monoisotopic (exact) mass is 213 g/mol. The summed E-state index contributed by atoms with van der Waals surface area (Å²) in [5.74, 6) is -0.0809. The molecule has 0 spiro atoms. The van der Waals surface area contributed by atoms with Gasteiger partial charge in [0.2, 0.25) is 0 Å². The Morgan fingerprint density at radius 2 is 2.00 bits per heavy atom. The van der Waals surface area contributed by atoms with Crippen LogP contribution >= 0.6 is 0 Å². The molecule has 4 nitrogen and oxygen atoms in total. The third-order valence-corrected chi connectivity index (χ3v) is 2.73. The zero-order valence-corrected chi connectivity index (χ0v) is 9.66. The highest BCUT2D eigenvalue weighted by Gasteiger charge is 2.27. The molecule has 1 aliphatic heterocycles. The van der Waals surface area contributed by atoms with E-state index < -0.39 is 0 Å². The Morgan fingerprint density at radius 3 is 2.53 bits per heavy atom. The molecule has 0 radical (unpaired) electrons. The van der Waals surface area contributed by atoms with Crippen molar-refractivity contribution in [2.45, 2.75) is 45.8 Å². The van der Waals surface area contributed by atoms with Gasteiger partial charge in [-0.1, -0.05) is 0 Å². The average molecular weight is 213 g/mol. The second kappa shape index (κ2) is 5.26. The number of esters is 1. The van der Waals surface area contributed by atoms with E-state index in [-0.39, 0.29) is 17.9 Å². The van der Waals surface area contributed by atoms with E-state index >= 15 is 0 Å². The fourth-order valence-electron chi connectivity index (χ4n) is 1.98. The van der Waals surface area contributed by atoms with E-state index in [9.17, 15) is 9.59 Å². The van der Waals surface area contributed by atoms with Crippen molar-refractivity contribution in [2.75, 3.05) is 13.1 Å². The topological polar surface area (TPSA) is 46.6 Å². The number of Topliss-reactive ketones (excluding diaryl/α,β-unsaturated/α-hetero) is 1. The fraction of sp³-hybridized carbons (Fsp3) is 0.818. The van der Waals surface area contributed by atoms with E-state index in [1.165, 1.54) is 6.92 Å². The van der Waals surface area contributed by atoms with Gasteiger partial charge in [0.15, 0.2) is 0 Å². The lowest BCUT2D eigenvalue weighted by Gasteiger charge is -2.36. The number of hydrogen-bond acceptors (Lipinski definition) is 4. The summed E-state index contributed by atoms with van der Waals surface area (Å²) in [6.07, 6.45) is 1.83. The molecule has 1 heterocycles. The van der Waals surface area contributed by atoms with E-state index in [1.807, 2.05) is 0 Å². The van der Waals surface area contributed by atoms with Crippen molar-refractivity contribution >= 4 is 11.8 Å². The standard InChI is InChI=1S/C11H19NO3/c1-8-4-5-11(15-10(3)14)7-12(8)6-9(2)13/h8,11H,4-7H2,1-3H3/t8-,11+/m1/s1. The molecule has 0 aromatic carbocycles. The first kappa shape index (κ1) is 12.2. The average Bonchev–Trinajstić information content (AvgIpc) is 2.09. The van der Waals surface area contributed by atoms with Gasteiger partial charge in [-0.05, 0) is 26.7 Å². The molecule has 0 saturated carbocycles. The molecule has 1 fully saturated rings. The van der Waals surface area contributed by atoms with Crippen molar-refractivity contribution in [1.29, 1.82) is 0 Å². The van der Waals surface area contributed by atoms with E-state index in [2.05, 4.69) is 11.8 Å². The third-order valence-electron chi connectivity index (χ3n) is 2.73. The smallest absolute Gasteiger partial charge is 0.302 e. The van der Waals surface area contributed by atoms with Gasteiger partial charge in [0.1, 0.15) is 11.9 Å². The number of carbonyl (C=O) groups is 2. The Labute approximate surface area is 90.6 Å². The Morgan fingerprint density at radius 1 is 1.33 bits per heavy atom. The van der Waals surface area contributed by atoms with Gasteiger partial charge in [0.05, 0.1) is 6.54 Å². The summed E-state index contributed by atoms with van der Waals surface area (Å²) in [5, 5.41) is 0.